The van der Waals surface area contributed by atoms with Gasteiger partial charge in [-0.2, -0.15) is 0 Å². The number of halogens is 4. The second kappa shape index (κ2) is 4.44. The molecule has 0 spiro atoms. The summed E-state index contributed by atoms with van der Waals surface area (Å²) >= 11 is 7.26. The van der Waals surface area contributed by atoms with Crippen LogP contribution in [0.4, 0.5) is 8.78 Å². The molecule has 4 nitrogen and oxygen atoms in total. The number of primary sulfonamides is 1. The average Bonchev–Trinajstić information content (AvgIpc) is 2.06. The van der Waals surface area contributed by atoms with E-state index in [4.69, 9.17) is 16.7 Å². The van der Waals surface area contributed by atoms with Crippen LogP contribution >= 0.6 is 34.2 Å². The van der Waals surface area contributed by atoms with Crippen molar-refractivity contribution in [3.63, 3.8) is 0 Å². The van der Waals surface area contributed by atoms with Gasteiger partial charge in [0.15, 0.2) is 0 Å². The van der Waals surface area contributed by atoms with Gasteiger partial charge in [0.2, 0.25) is 10.0 Å². The third kappa shape index (κ3) is 2.74. The number of hydrogen-bond acceptors (Lipinski definition) is 3. The zero-order chi connectivity index (χ0) is 11.8. The van der Waals surface area contributed by atoms with Gasteiger partial charge < -0.3 is 0 Å². The quantitative estimate of drug-likeness (QED) is 0.811. The van der Waals surface area contributed by atoms with Gasteiger partial charge in [0.05, 0.1) is 8.59 Å². The summed E-state index contributed by atoms with van der Waals surface area (Å²) in [5, 5.41) is 4.45. The highest BCUT2D eigenvalue weighted by atomic mass is 127. The van der Waals surface area contributed by atoms with Crippen molar-refractivity contribution in [2.75, 3.05) is 0 Å². The fraction of sp³-hybridized carbons (Fsp3) is 0.167. The Morgan fingerprint density at radius 1 is 1.53 bits per heavy atom. The van der Waals surface area contributed by atoms with Gasteiger partial charge in [-0.05, 0) is 22.6 Å². The number of sulfonamides is 1. The first-order valence-electron chi connectivity index (χ1n) is 3.40. The van der Waals surface area contributed by atoms with Gasteiger partial charge in [-0.1, -0.05) is 11.6 Å². The molecule has 0 amide bonds. The van der Waals surface area contributed by atoms with Gasteiger partial charge in [-0.25, -0.2) is 22.3 Å². The van der Waals surface area contributed by atoms with E-state index in [2.05, 4.69) is 4.98 Å². The summed E-state index contributed by atoms with van der Waals surface area (Å²) in [5.41, 5.74) is -0.928. The van der Waals surface area contributed by atoms with Gasteiger partial charge in [-0.3, -0.25) is 4.98 Å². The summed E-state index contributed by atoms with van der Waals surface area (Å²) in [5.74, 6) is 0. The lowest BCUT2D eigenvalue weighted by Gasteiger charge is -2.08. The van der Waals surface area contributed by atoms with E-state index in [9.17, 15) is 17.2 Å². The molecule has 0 aliphatic rings. The average molecular weight is 369 g/mol. The molecule has 0 saturated heterocycles. The molecule has 84 valence electrons. The van der Waals surface area contributed by atoms with E-state index in [-0.39, 0.29) is 8.59 Å². The minimum absolute atomic E-state index is 0.239. The van der Waals surface area contributed by atoms with Crippen molar-refractivity contribution in [3.05, 3.63) is 20.5 Å². The number of aromatic nitrogens is 1. The molecule has 0 radical (unpaired) electrons. The van der Waals surface area contributed by atoms with E-state index in [1.165, 1.54) is 0 Å². The standard InChI is InChI=1S/C6H4ClF2IN2O2S/c7-3-2(10)1-12-4(6(8)9)5(3)15(11,13)14/h1,6H,(H2,11,13,14). The van der Waals surface area contributed by atoms with Crippen LogP contribution in [0.25, 0.3) is 0 Å². The minimum Gasteiger partial charge on any atom is -0.253 e. The highest BCUT2D eigenvalue weighted by Crippen LogP contribution is 2.32. The van der Waals surface area contributed by atoms with Gasteiger partial charge >= 0.3 is 0 Å². The van der Waals surface area contributed by atoms with Gasteiger partial charge in [-0.15, -0.1) is 0 Å². The molecule has 0 aromatic carbocycles. The van der Waals surface area contributed by atoms with Crippen LogP contribution in [0, 0.1) is 3.57 Å². The lowest BCUT2D eigenvalue weighted by atomic mass is 10.3. The molecule has 9 heteroatoms. The maximum atomic E-state index is 12.4. The Morgan fingerprint density at radius 3 is 2.47 bits per heavy atom. The third-order valence-electron chi connectivity index (χ3n) is 1.45. The Hall–Kier alpha value is -0.0600. The van der Waals surface area contributed by atoms with Gasteiger partial charge in [0, 0.05) is 6.20 Å². The van der Waals surface area contributed by atoms with Crippen LogP contribution in [0.1, 0.15) is 12.1 Å². The minimum atomic E-state index is -4.31. The Bertz CT molecular complexity index is 494. The van der Waals surface area contributed by atoms with Crippen LogP contribution in [0.15, 0.2) is 11.1 Å². The maximum absolute atomic E-state index is 12.4. The zero-order valence-electron chi connectivity index (χ0n) is 6.92. The molecule has 2 N–H and O–H groups in total. The summed E-state index contributed by atoms with van der Waals surface area (Å²) in [7, 11) is -4.31. The molecule has 1 rings (SSSR count). The Morgan fingerprint density at radius 2 is 2.07 bits per heavy atom. The second-order valence-electron chi connectivity index (χ2n) is 2.48. The summed E-state index contributed by atoms with van der Waals surface area (Å²) in [6.45, 7) is 0. The van der Waals surface area contributed by atoms with Crippen molar-refractivity contribution >= 4 is 44.2 Å². The largest absolute Gasteiger partial charge is 0.281 e. The van der Waals surface area contributed by atoms with Crippen LogP contribution in [-0.2, 0) is 10.0 Å². The molecule has 1 aromatic heterocycles. The van der Waals surface area contributed by atoms with E-state index in [0.29, 0.717) is 0 Å². The molecule has 0 saturated carbocycles. The molecular formula is C6H4ClF2IN2O2S. The van der Waals surface area contributed by atoms with Crippen LogP contribution in [0.2, 0.25) is 5.02 Å². The van der Waals surface area contributed by atoms with Crippen LogP contribution in [0.5, 0.6) is 0 Å². The molecule has 0 aliphatic heterocycles. The highest BCUT2D eigenvalue weighted by molar-refractivity contribution is 14.1. The lowest BCUT2D eigenvalue weighted by molar-refractivity contribution is 0.142. The van der Waals surface area contributed by atoms with E-state index in [1.54, 1.807) is 22.6 Å². The fourth-order valence-corrected chi connectivity index (χ4v) is 2.74. The number of nitrogens with zero attached hydrogens (tertiary/aromatic N) is 1. The Balaban J connectivity index is 3.65. The molecule has 1 heterocycles. The molecule has 0 unspecified atom stereocenters. The number of alkyl halides is 2. The van der Waals surface area contributed by atoms with Crippen molar-refractivity contribution in [2.24, 2.45) is 5.14 Å². The SMILES string of the molecule is NS(=O)(=O)c1c(C(F)F)ncc(I)c1Cl. The van der Waals surface area contributed by atoms with Crippen LogP contribution < -0.4 is 5.14 Å². The van der Waals surface area contributed by atoms with Gasteiger partial charge in [0.25, 0.3) is 6.43 Å². The fourth-order valence-electron chi connectivity index (χ4n) is 0.889. The number of nitrogens with two attached hydrogens (primary N) is 1. The topological polar surface area (TPSA) is 73.1 Å². The van der Waals surface area contributed by atoms with Crippen molar-refractivity contribution in [2.45, 2.75) is 11.3 Å². The van der Waals surface area contributed by atoms with Crippen molar-refractivity contribution < 1.29 is 17.2 Å². The molecule has 0 bridgehead atoms. The lowest BCUT2D eigenvalue weighted by Crippen LogP contribution is -2.17. The summed E-state index contributed by atoms with van der Waals surface area (Å²) in [6.07, 6.45) is -1.99. The van der Waals surface area contributed by atoms with E-state index in [1.807, 2.05) is 0 Å². The Kier molecular flexibility index (Phi) is 3.85. The van der Waals surface area contributed by atoms with E-state index in [0.717, 1.165) is 6.20 Å². The smallest absolute Gasteiger partial charge is 0.253 e. The molecule has 0 fully saturated rings. The molecule has 15 heavy (non-hydrogen) atoms. The predicted octanol–water partition coefficient (Wildman–Crippen LogP) is 1.92. The number of hydrogen-bond donors (Lipinski definition) is 1. The second-order valence-corrected chi connectivity index (χ2v) is 5.52. The molecule has 0 atom stereocenters. The monoisotopic (exact) mass is 368 g/mol. The zero-order valence-corrected chi connectivity index (χ0v) is 10.6. The predicted molar refractivity (Wildman–Crippen MR) is 58.3 cm³/mol. The summed E-state index contributed by atoms with van der Waals surface area (Å²) in [4.78, 5) is 2.49. The van der Waals surface area contributed by atoms with Crippen LogP contribution in [-0.4, -0.2) is 13.4 Å². The highest BCUT2D eigenvalue weighted by Gasteiger charge is 2.26. The van der Waals surface area contributed by atoms with Crippen molar-refractivity contribution in [1.82, 2.24) is 4.98 Å². The van der Waals surface area contributed by atoms with E-state index < -0.39 is 27.0 Å². The molecular weight excluding hydrogens is 364 g/mol. The first kappa shape index (κ1) is 13.0. The summed E-state index contributed by atoms with van der Waals surface area (Å²) < 4.78 is 47.2. The van der Waals surface area contributed by atoms with E-state index >= 15 is 0 Å². The third-order valence-corrected chi connectivity index (χ3v) is 4.07. The normalized spacial score (nSPS) is 12.1. The molecule has 0 aliphatic carbocycles. The maximum Gasteiger partial charge on any atom is 0.281 e. The molecule has 1 aromatic rings. The Labute approximate surface area is 103 Å². The summed E-state index contributed by atoms with van der Waals surface area (Å²) in [6, 6.07) is 0. The number of pyridine rings is 1. The van der Waals surface area contributed by atoms with Crippen LogP contribution in [0.3, 0.4) is 0 Å². The van der Waals surface area contributed by atoms with Gasteiger partial charge in [0.1, 0.15) is 10.6 Å². The van der Waals surface area contributed by atoms with Crippen molar-refractivity contribution in [1.29, 1.82) is 0 Å². The first-order valence-corrected chi connectivity index (χ1v) is 6.40. The number of rotatable bonds is 2. The van der Waals surface area contributed by atoms with Crippen molar-refractivity contribution in [3.8, 4) is 0 Å². The first-order chi connectivity index (χ1) is 6.75.